The second kappa shape index (κ2) is 6.89. The highest BCUT2D eigenvalue weighted by Crippen LogP contribution is 2.44. The zero-order valence-electron chi connectivity index (χ0n) is 11.7. The van der Waals surface area contributed by atoms with Gasteiger partial charge in [-0.1, -0.05) is 15.9 Å². The summed E-state index contributed by atoms with van der Waals surface area (Å²) in [5, 5.41) is 19.9. The van der Waals surface area contributed by atoms with Gasteiger partial charge in [-0.3, -0.25) is 0 Å². The number of benzene rings is 1. The lowest BCUT2D eigenvalue weighted by Crippen LogP contribution is -2.31. The Hall–Kier alpha value is -0.620. The summed E-state index contributed by atoms with van der Waals surface area (Å²) in [5.74, 6) is 0.740. The molecule has 1 atom stereocenters. The van der Waals surface area contributed by atoms with Gasteiger partial charge in [-0.05, 0) is 49.8 Å². The van der Waals surface area contributed by atoms with E-state index in [-0.39, 0.29) is 13.4 Å². The molecule has 0 amide bonds. The minimum Gasteiger partial charge on any atom is -0.468 e. The third-order valence-corrected chi connectivity index (χ3v) is 4.36. The second-order valence-electron chi connectivity index (χ2n) is 5.20. The minimum absolute atomic E-state index is 0.101. The van der Waals surface area contributed by atoms with Crippen LogP contribution in [0.3, 0.4) is 0 Å². The summed E-state index contributed by atoms with van der Waals surface area (Å²) in [6.45, 7) is 0.310. The van der Waals surface area contributed by atoms with E-state index in [0.29, 0.717) is 12.8 Å². The highest BCUT2D eigenvalue weighted by atomic mass is 79.9. The quantitative estimate of drug-likeness (QED) is 0.779. The Morgan fingerprint density at radius 3 is 2.90 bits per heavy atom. The Bertz CT molecular complexity index is 463. The first-order valence-electron chi connectivity index (χ1n) is 6.88. The van der Waals surface area contributed by atoms with Crippen molar-refractivity contribution < 1.29 is 19.7 Å². The van der Waals surface area contributed by atoms with Crippen LogP contribution in [0.15, 0.2) is 16.6 Å². The lowest BCUT2D eigenvalue weighted by atomic mass is 9.76. The van der Waals surface area contributed by atoms with Crippen molar-refractivity contribution in [2.24, 2.45) is 0 Å². The molecule has 0 aliphatic heterocycles. The largest absolute Gasteiger partial charge is 0.468 e. The fourth-order valence-electron chi connectivity index (χ4n) is 2.88. The number of ether oxygens (including phenoxy) is 2. The molecular weight excluding hydrogens is 324 g/mol. The van der Waals surface area contributed by atoms with Gasteiger partial charge in [0.05, 0.1) is 5.60 Å². The van der Waals surface area contributed by atoms with Gasteiger partial charge in [0, 0.05) is 23.8 Å². The van der Waals surface area contributed by atoms with E-state index >= 15 is 0 Å². The summed E-state index contributed by atoms with van der Waals surface area (Å²) in [7, 11) is 1.58. The summed E-state index contributed by atoms with van der Waals surface area (Å²) in [4.78, 5) is 0. The molecule has 0 heterocycles. The van der Waals surface area contributed by atoms with Crippen molar-refractivity contribution >= 4 is 15.9 Å². The first-order chi connectivity index (χ1) is 9.60. The molecule has 1 aromatic rings. The number of hydrogen-bond acceptors (Lipinski definition) is 4. The molecule has 112 valence electrons. The number of rotatable bonds is 6. The van der Waals surface area contributed by atoms with Crippen LogP contribution in [0.4, 0.5) is 0 Å². The molecule has 20 heavy (non-hydrogen) atoms. The summed E-state index contributed by atoms with van der Waals surface area (Å²) >= 11 is 3.55. The fraction of sp³-hybridized carbons (Fsp3) is 0.600. The van der Waals surface area contributed by atoms with Crippen LogP contribution in [0, 0.1) is 0 Å². The molecule has 0 saturated carbocycles. The van der Waals surface area contributed by atoms with Crippen LogP contribution in [-0.4, -0.2) is 30.7 Å². The van der Waals surface area contributed by atoms with E-state index in [1.807, 2.05) is 12.1 Å². The summed E-state index contributed by atoms with van der Waals surface area (Å²) in [6, 6.07) is 3.84. The maximum absolute atomic E-state index is 10.9. The van der Waals surface area contributed by atoms with E-state index < -0.39 is 5.60 Å². The first kappa shape index (κ1) is 15.8. The van der Waals surface area contributed by atoms with Crippen LogP contribution in [0.5, 0.6) is 5.75 Å². The van der Waals surface area contributed by atoms with E-state index in [1.54, 1.807) is 7.11 Å². The van der Waals surface area contributed by atoms with Gasteiger partial charge in [0.25, 0.3) is 0 Å². The molecule has 1 aromatic carbocycles. The van der Waals surface area contributed by atoms with Crippen LogP contribution in [0.1, 0.15) is 36.8 Å². The maximum atomic E-state index is 10.9. The molecule has 2 rings (SSSR count). The zero-order chi connectivity index (χ0) is 14.6. The third-order valence-electron chi connectivity index (χ3n) is 3.74. The van der Waals surface area contributed by atoms with E-state index in [9.17, 15) is 5.11 Å². The fourth-order valence-corrected chi connectivity index (χ4v) is 3.73. The molecule has 1 aliphatic carbocycles. The lowest BCUT2D eigenvalue weighted by molar-refractivity contribution is 0.00329. The predicted octanol–water partition coefficient (Wildman–Crippen LogP) is 2.73. The average Bonchev–Trinajstić information content (AvgIpc) is 2.42. The van der Waals surface area contributed by atoms with Gasteiger partial charge in [-0.25, -0.2) is 0 Å². The second-order valence-corrected chi connectivity index (χ2v) is 6.06. The number of aliphatic hydroxyl groups is 2. The van der Waals surface area contributed by atoms with E-state index in [4.69, 9.17) is 14.6 Å². The van der Waals surface area contributed by atoms with Crippen molar-refractivity contribution in [1.82, 2.24) is 0 Å². The standard InChI is InChI=1S/C15H21BrO4/c1-19-10-20-12-8-11-4-2-5-15(18,6-3-7-17)14(11)13(16)9-12/h8-9,17-18H,2-7,10H2,1H3. The Balaban J connectivity index is 2.32. The summed E-state index contributed by atoms with van der Waals surface area (Å²) in [6.07, 6.45) is 3.78. The average molecular weight is 345 g/mol. The van der Waals surface area contributed by atoms with Gasteiger partial charge < -0.3 is 19.7 Å². The van der Waals surface area contributed by atoms with Gasteiger partial charge in [-0.2, -0.15) is 0 Å². The van der Waals surface area contributed by atoms with Crippen LogP contribution in [-0.2, 0) is 16.8 Å². The Morgan fingerprint density at radius 1 is 1.40 bits per heavy atom. The zero-order valence-corrected chi connectivity index (χ0v) is 13.3. The highest BCUT2D eigenvalue weighted by Gasteiger charge is 2.36. The number of methoxy groups -OCH3 is 1. The normalized spacial score (nSPS) is 21.6. The summed E-state index contributed by atoms with van der Waals surface area (Å²) < 4.78 is 11.2. The van der Waals surface area contributed by atoms with Crippen molar-refractivity contribution in [3.8, 4) is 5.75 Å². The molecule has 0 bridgehead atoms. The predicted molar refractivity (Wildman–Crippen MR) is 79.8 cm³/mol. The first-order valence-corrected chi connectivity index (χ1v) is 7.68. The van der Waals surface area contributed by atoms with Gasteiger partial charge in [0.2, 0.25) is 0 Å². The minimum atomic E-state index is -0.852. The van der Waals surface area contributed by atoms with Gasteiger partial charge in [0.1, 0.15) is 5.75 Å². The van der Waals surface area contributed by atoms with Crippen molar-refractivity contribution in [2.75, 3.05) is 20.5 Å². The SMILES string of the molecule is COCOc1cc(Br)c2c(c1)CCCC2(O)CCCO. The third kappa shape index (κ3) is 3.34. The molecule has 4 nitrogen and oxygen atoms in total. The number of hydrogen-bond donors (Lipinski definition) is 2. The Labute approximate surface area is 127 Å². The molecule has 1 aliphatic rings. The highest BCUT2D eigenvalue weighted by molar-refractivity contribution is 9.10. The number of aryl methyl sites for hydroxylation is 1. The lowest BCUT2D eigenvalue weighted by Gasteiger charge is -2.35. The number of fused-ring (bicyclic) bond motifs is 1. The van der Waals surface area contributed by atoms with Gasteiger partial charge >= 0.3 is 0 Å². The van der Waals surface area contributed by atoms with Crippen molar-refractivity contribution in [1.29, 1.82) is 0 Å². The molecule has 5 heteroatoms. The molecule has 2 N–H and O–H groups in total. The topological polar surface area (TPSA) is 58.9 Å². The molecule has 0 aromatic heterocycles. The molecule has 0 spiro atoms. The Morgan fingerprint density at radius 2 is 2.20 bits per heavy atom. The van der Waals surface area contributed by atoms with E-state index in [1.165, 1.54) is 0 Å². The summed E-state index contributed by atoms with van der Waals surface area (Å²) in [5.41, 5.74) is 1.20. The van der Waals surface area contributed by atoms with E-state index in [2.05, 4.69) is 15.9 Å². The van der Waals surface area contributed by atoms with Crippen molar-refractivity contribution in [3.05, 3.63) is 27.7 Å². The van der Waals surface area contributed by atoms with Crippen molar-refractivity contribution in [2.45, 2.75) is 37.7 Å². The van der Waals surface area contributed by atoms with Crippen molar-refractivity contribution in [3.63, 3.8) is 0 Å². The molecule has 0 fully saturated rings. The van der Waals surface area contributed by atoms with Gasteiger partial charge in [-0.15, -0.1) is 0 Å². The molecule has 1 unspecified atom stereocenters. The van der Waals surface area contributed by atoms with Crippen LogP contribution < -0.4 is 4.74 Å². The molecule has 0 saturated heterocycles. The number of halogens is 1. The van der Waals surface area contributed by atoms with E-state index in [0.717, 1.165) is 40.6 Å². The molecular formula is C15H21BrO4. The smallest absolute Gasteiger partial charge is 0.188 e. The van der Waals surface area contributed by atoms with Crippen LogP contribution >= 0.6 is 15.9 Å². The monoisotopic (exact) mass is 344 g/mol. The van der Waals surface area contributed by atoms with Crippen LogP contribution in [0.25, 0.3) is 0 Å². The van der Waals surface area contributed by atoms with Crippen LogP contribution in [0.2, 0.25) is 0 Å². The maximum Gasteiger partial charge on any atom is 0.188 e. The molecule has 0 radical (unpaired) electrons. The van der Waals surface area contributed by atoms with Gasteiger partial charge in [0.15, 0.2) is 6.79 Å². The number of aliphatic hydroxyl groups excluding tert-OH is 1. The Kier molecular flexibility index (Phi) is 5.43.